The Labute approximate surface area is 198 Å². The minimum atomic E-state index is -2.32. The van der Waals surface area contributed by atoms with Crippen molar-refractivity contribution < 1.29 is 23.2 Å². The van der Waals surface area contributed by atoms with E-state index in [2.05, 4.69) is 0 Å². The molecule has 6 heteroatoms. The van der Waals surface area contributed by atoms with Crippen LogP contribution in [0.3, 0.4) is 0 Å². The normalized spacial score (nSPS) is 10.6. The summed E-state index contributed by atoms with van der Waals surface area (Å²) in [5, 5.41) is 0. The summed E-state index contributed by atoms with van der Waals surface area (Å²) < 4.78 is 22.7. The lowest BCUT2D eigenvalue weighted by Crippen LogP contribution is -2.01. The highest BCUT2D eigenvalue weighted by Gasteiger charge is 2.21. The smallest absolute Gasteiger partial charge is 0.289 e. The molecule has 5 nitrogen and oxygen atoms in total. The van der Waals surface area contributed by atoms with Crippen LogP contribution in [0, 0.1) is 0 Å². The molecule has 0 radical (unpaired) electrons. The Morgan fingerprint density at radius 1 is 0.500 bits per heavy atom. The molecule has 0 N–H and O–H groups in total. The summed E-state index contributed by atoms with van der Waals surface area (Å²) in [6.45, 7) is 0.194. The molecule has 168 valence electrons. The van der Waals surface area contributed by atoms with Gasteiger partial charge in [-0.3, -0.25) is 9.59 Å². The Morgan fingerprint density at radius 2 is 0.824 bits per heavy atom. The van der Waals surface area contributed by atoms with Gasteiger partial charge in [0, 0.05) is 26.8 Å². The zero-order valence-electron chi connectivity index (χ0n) is 18.3. The Hall–Kier alpha value is -3.76. The maximum Gasteiger partial charge on any atom is 0.698 e. The fraction of sp³-hybridized carbons (Fsp3) is 0.0714. The quantitative estimate of drug-likeness (QED) is 0.195. The Balaban J connectivity index is 1.24. The number of hydrogen-bond acceptors (Lipinski definition) is 5. The molecule has 4 aromatic rings. The van der Waals surface area contributed by atoms with Crippen LogP contribution in [0.25, 0.3) is 0 Å². The molecule has 0 spiro atoms. The largest absolute Gasteiger partial charge is 0.698 e. The van der Waals surface area contributed by atoms with Crippen molar-refractivity contribution >= 4 is 19.8 Å². The molecule has 0 bridgehead atoms. The highest BCUT2D eigenvalue weighted by molar-refractivity contribution is 7.33. The van der Waals surface area contributed by atoms with E-state index in [4.69, 9.17) is 9.05 Å². The summed E-state index contributed by atoms with van der Waals surface area (Å²) in [5.74, 6) is -0.113. The van der Waals surface area contributed by atoms with E-state index in [0.29, 0.717) is 22.3 Å². The molecule has 34 heavy (non-hydrogen) atoms. The van der Waals surface area contributed by atoms with E-state index in [9.17, 15) is 14.2 Å². The first-order chi connectivity index (χ1) is 16.6. The van der Waals surface area contributed by atoms with Crippen molar-refractivity contribution in [3.8, 4) is 0 Å². The summed E-state index contributed by atoms with van der Waals surface area (Å²) in [4.78, 5) is 24.9. The number of carbonyl (C=O) groups excluding carboxylic acids is 2. The fourth-order valence-electron chi connectivity index (χ4n) is 3.31. The fourth-order valence-corrected chi connectivity index (χ4v) is 3.89. The van der Waals surface area contributed by atoms with Gasteiger partial charge in [-0.05, 0) is 11.1 Å². The van der Waals surface area contributed by atoms with Gasteiger partial charge in [0.15, 0.2) is 11.6 Å². The van der Waals surface area contributed by atoms with Gasteiger partial charge in [-0.15, -0.1) is 9.05 Å². The van der Waals surface area contributed by atoms with Gasteiger partial charge in [-0.1, -0.05) is 109 Å². The van der Waals surface area contributed by atoms with Gasteiger partial charge < -0.3 is 0 Å². The van der Waals surface area contributed by atoms with E-state index in [1.165, 1.54) is 0 Å². The van der Waals surface area contributed by atoms with E-state index in [-0.39, 0.29) is 24.8 Å². The van der Waals surface area contributed by atoms with Crippen LogP contribution in [-0.4, -0.2) is 11.6 Å². The summed E-state index contributed by atoms with van der Waals surface area (Å²) in [6, 6.07) is 32.1. The lowest BCUT2D eigenvalue weighted by atomic mass is 10.0. The van der Waals surface area contributed by atoms with Gasteiger partial charge in [0.05, 0.1) is 0 Å². The van der Waals surface area contributed by atoms with Crippen molar-refractivity contribution in [1.29, 1.82) is 0 Å². The number of rotatable bonds is 10. The minimum absolute atomic E-state index is 0.0565. The Bertz CT molecular complexity index is 1170. The van der Waals surface area contributed by atoms with E-state index < -0.39 is 8.25 Å². The van der Waals surface area contributed by atoms with Crippen LogP contribution in [0.2, 0.25) is 0 Å². The van der Waals surface area contributed by atoms with Gasteiger partial charge in [0.1, 0.15) is 13.2 Å². The maximum absolute atomic E-state index is 12.5. The topological polar surface area (TPSA) is 69.7 Å². The van der Waals surface area contributed by atoms with E-state index in [0.717, 1.165) is 11.1 Å². The maximum atomic E-state index is 12.5. The second-order valence-electron chi connectivity index (χ2n) is 7.55. The third kappa shape index (κ3) is 6.18. The predicted octanol–water partition coefficient (Wildman–Crippen LogP) is 6.54. The monoisotopic (exact) mass is 469 g/mol. The summed E-state index contributed by atoms with van der Waals surface area (Å²) >= 11 is 0. The average Bonchev–Trinajstić information content (AvgIpc) is 2.91. The molecule has 4 aromatic carbocycles. The Kier molecular flexibility index (Phi) is 7.84. The van der Waals surface area contributed by atoms with E-state index in [1.54, 1.807) is 72.8 Å². The molecule has 0 aliphatic rings. The van der Waals surface area contributed by atoms with Crippen molar-refractivity contribution in [2.45, 2.75) is 13.2 Å². The SMILES string of the molecule is O=C(c1ccccc1)c1ccc(CO[P+](=O)OCc2ccc(C(=O)c3ccccc3)cc2)cc1. The molecule has 4 rings (SSSR count). The molecule has 0 unspecified atom stereocenters. The van der Waals surface area contributed by atoms with Crippen LogP contribution < -0.4 is 0 Å². The molecule has 0 saturated carbocycles. The van der Waals surface area contributed by atoms with Gasteiger partial charge in [0.2, 0.25) is 0 Å². The minimum Gasteiger partial charge on any atom is -0.289 e. The van der Waals surface area contributed by atoms with Crippen LogP contribution >= 0.6 is 8.25 Å². The highest BCUT2D eigenvalue weighted by Crippen LogP contribution is 2.27. The van der Waals surface area contributed by atoms with Gasteiger partial charge >= 0.3 is 8.25 Å². The van der Waals surface area contributed by atoms with Gasteiger partial charge in [-0.25, -0.2) is 0 Å². The molecule has 0 saturated heterocycles. The van der Waals surface area contributed by atoms with Crippen LogP contribution in [0.4, 0.5) is 0 Å². The van der Waals surface area contributed by atoms with E-state index >= 15 is 0 Å². The summed E-state index contributed by atoms with van der Waals surface area (Å²) in [7, 11) is -2.32. The van der Waals surface area contributed by atoms with Crippen molar-refractivity contribution in [2.75, 3.05) is 0 Å². The zero-order chi connectivity index (χ0) is 23.8. The van der Waals surface area contributed by atoms with E-state index in [1.807, 2.05) is 36.4 Å². The predicted molar refractivity (Wildman–Crippen MR) is 130 cm³/mol. The van der Waals surface area contributed by atoms with Gasteiger partial charge in [0.25, 0.3) is 0 Å². The third-order valence-electron chi connectivity index (χ3n) is 5.18. The Morgan fingerprint density at radius 3 is 1.18 bits per heavy atom. The summed E-state index contributed by atoms with van der Waals surface area (Å²) in [5.41, 5.74) is 3.95. The third-order valence-corrected chi connectivity index (χ3v) is 5.86. The van der Waals surface area contributed by atoms with Crippen molar-refractivity contribution in [2.24, 2.45) is 0 Å². The molecule has 0 heterocycles. The average molecular weight is 469 g/mol. The van der Waals surface area contributed by atoms with Crippen molar-refractivity contribution in [3.63, 3.8) is 0 Å². The molecule has 0 amide bonds. The van der Waals surface area contributed by atoms with Crippen LogP contribution in [0.1, 0.15) is 43.0 Å². The molecule has 0 aromatic heterocycles. The standard InChI is InChI=1S/C28H22O5P/c29-27(23-7-3-1-4-8-23)25-15-11-21(12-16-25)19-32-34(31)33-20-22-13-17-26(18-14-22)28(30)24-9-5-2-6-10-24/h1-18H,19-20H2/q+1. The van der Waals surface area contributed by atoms with Gasteiger partial charge in [-0.2, -0.15) is 0 Å². The molecule has 0 fully saturated rings. The first-order valence-corrected chi connectivity index (χ1v) is 11.8. The second-order valence-corrected chi connectivity index (χ2v) is 8.52. The van der Waals surface area contributed by atoms with Crippen molar-refractivity contribution in [3.05, 3.63) is 143 Å². The number of hydrogen-bond donors (Lipinski definition) is 0. The molecule has 0 aliphatic carbocycles. The number of benzene rings is 4. The van der Waals surface area contributed by atoms with Crippen LogP contribution in [-0.2, 0) is 26.8 Å². The van der Waals surface area contributed by atoms with Crippen LogP contribution in [0.15, 0.2) is 109 Å². The first-order valence-electron chi connectivity index (χ1n) is 10.7. The van der Waals surface area contributed by atoms with Crippen LogP contribution in [0.5, 0.6) is 0 Å². The second kappa shape index (κ2) is 11.4. The molecular weight excluding hydrogens is 447 g/mol. The molecule has 0 aliphatic heterocycles. The molecular formula is C28H22O5P+. The zero-order valence-corrected chi connectivity index (χ0v) is 19.2. The first kappa shape index (κ1) is 23.4. The lowest BCUT2D eigenvalue weighted by molar-refractivity contribution is 0.103. The summed E-state index contributed by atoms with van der Waals surface area (Å²) in [6.07, 6.45) is 0. The lowest BCUT2D eigenvalue weighted by Gasteiger charge is -2.03. The highest BCUT2D eigenvalue weighted by atomic mass is 31.1. The number of carbonyl (C=O) groups is 2. The number of ketones is 2. The van der Waals surface area contributed by atoms with Crippen molar-refractivity contribution in [1.82, 2.24) is 0 Å². The molecule has 0 atom stereocenters.